The third-order valence-electron chi connectivity index (χ3n) is 3.56. The van der Waals surface area contributed by atoms with Gasteiger partial charge in [0, 0.05) is 6.08 Å². The molecule has 4 nitrogen and oxygen atoms in total. The van der Waals surface area contributed by atoms with E-state index in [0.29, 0.717) is 5.56 Å². The van der Waals surface area contributed by atoms with Gasteiger partial charge in [0.1, 0.15) is 18.5 Å². The summed E-state index contributed by atoms with van der Waals surface area (Å²) in [5.41, 5.74) is 1.37. The van der Waals surface area contributed by atoms with Crippen LogP contribution in [0.5, 0.6) is 0 Å². The van der Waals surface area contributed by atoms with Crippen LogP contribution in [0.25, 0.3) is 6.08 Å². The summed E-state index contributed by atoms with van der Waals surface area (Å²) in [4.78, 5) is 25.3. The number of hydrogen-bond acceptors (Lipinski definition) is 3. The number of carbonyl (C=O) groups is 2. The van der Waals surface area contributed by atoms with Gasteiger partial charge in [-0.1, -0.05) is 42.5 Å². The number of nitrogens with zero attached hydrogens (tertiary/aromatic N) is 1. The van der Waals surface area contributed by atoms with Gasteiger partial charge < -0.3 is 4.74 Å². The van der Waals surface area contributed by atoms with Gasteiger partial charge in [-0.2, -0.15) is 0 Å². The molecule has 1 atom stereocenters. The molecule has 1 heterocycles. The smallest absolute Gasteiger partial charge is 0.417 e. The number of hydrogen-bond donors (Lipinski definition) is 0. The van der Waals surface area contributed by atoms with E-state index in [1.807, 2.05) is 30.3 Å². The fourth-order valence-corrected chi connectivity index (χ4v) is 2.44. The summed E-state index contributed by atoms with van der Waals surface area (Å²) in [7, 11) is 0. The highest BCUT2D eigenvalue weighted by atomic mass is 19.1. The Labute approximate surface area is 132 Å². The first-order chi connectivity index (χ1) is 11.1. The van der Waals surface area contributed by atoms with Gasteiger partial charge in [0.25, 0.3) is 5.91 Å². The van der Waals surface area contributed by atoms with E-state index in [1.54, 1.807) is 12.1 Å². The monoisotopic (exact) mass is 311 g/mol. The molecule has 0 aliphatic carbocycles. The minimum absolute atomic E-state index is 0.127. The van der Waals surface area contributed by atoms with Crippen molar-refractivity contribution in [2.24, 2.45) is 0 Å². The van der Waals surface area contributed by atoms with Crippen LogP contribution in [-0.4, -0.2) is 23.5 Å². The quantitative estimate of drug-likeness (QED) is 0.814. The minimum Gasteiger partial charge on any atom is -0.446 e. The first kappa shape index (κ1) is 15.0. The number of halogens is 1. The van der Waals surface area contributed by atoms with Crippen molar-refractivity contribution in [3.8, 4) is 0 Å². The molecule has 1 aliphatic heterocycles. The maximum absolute atomic E-state index is 13.1. The van der Waals surface area contributed by atoms with Gasteiger partial charge in [-0.15, -0.1) is 0 Å². The first-order valence-electron chi connectivity index (χ1n) is 7.14. The summed E-state index contributed by atoms with van der Waals surface area (Å²) in [5, 5.41) is 0. The maximum Gasteiger partial charge on any atom is 0.417 e. The van der Waals surface area contributed by atoms with Crippen molar-refractivity contribution in [1.82, 2.24) is 4.90 Å². The molecule has 2 aromatic rings. The highest BCUT2D eigenvalue weighted by molar-refractivity contribution is 6.02. The largest absolute Gasteiger partial charge is 0.446 e. The van der Waals surface area contributed by atoms with Crippen LogP contribution in [0.1, 0.15) is 17.2 Å². The van der Waals surface area contributed by atoms with E-state index < -0.39 is 18.0 Å². The molecular formula is C18H14FNO3. The van der Waals surface area contributed by atoms with Gasteiger partial charge in [0.2, 0.25) is 0 Å². The van der Waals surface area contributed by atoms with E-state index in [2.05, 4.69) is 0 Å². The lowest BCUT2D eigenvalue weighted by Gasteiger charge is -2.18. The van der Waals surface area contributed by atoms with Crippen molar-refractivity contribution in [3.63, 3.8) is 0 Å². The number of benzene rings is 2. The summed E-state index contributed by atoms with van der Waals surface area (Å²) in [6, 6.07) is 14.6. The molecule has 0 bridgehead atoms. The SMILES string of the molecule is O=C(C=Cc1cccc(F)c1)N1C(=O)OC[C@@H]1c1ccccc1. The molecular weight excluding hydrogens is 297 g/mol. The van der Waals surface area contributed by atoms with Crippen molar-refractivity contribution >= 4 is 18.1 Å². The zero-order chi connectivity index (χ0) is 16.2. The Hall–Kier alpha value is -2.95. The van der Waals surface area contributed by atoms with Crippen molar-refractivity contribution < 1.29 is 18.7 Å². The third kappa shape index (κ3) is 3.29. The van der Waals surface area contributed by atoms with Crippen LogP contribution in [0.3, 0.4) is 0 Å². The molecule has 0 unspecified atom stereocenters. The van der Waals surface area contributed by atoms with Gasteiger partial charge in [-0.05, 0) is 29.3 Å². The van der Waals surface area contributed by atoms with Crippen molar-refractivity contribution in [2.75, 3.05) is 6.61 Å². The fraction of sp³-hybridized carbons (Fsp3) is 0.111. The van der Waals surface area contributed by atoms with E-state index in [1.165, 1.54) is 24.3 Å². The second-order valence-corrected chi connectivity index (χ2v) is 5.10. The van der Waals surface area contributed by atoms with E-state index in [0.717, 1.165) is 10.5 Å². The number of cyclic esters (lactones) is 1. The van der Waals surface area contributed by atoms with Gasteiger partial charge in [0.05, 0.1) is 0 Å². The molecule has 1 fully saturated rings. The highest BCUT2D eigenvalue weighted by Crippen LogP contribution is 2.27. The van der Waals surface area contributed by atoms with Crippen LogP contribution in [0.2, 0.25) is 0 Å². The van der Waals surface area contributed by atoms with Crippen molar-refractivity contribution in [3.05, 3.63) is 77.6 Å². The van der Waals surface area contributed by atoms with E-state index >= 15 is 0 Å². The molecule has 0 aromatic heterocycles. The highest BCUT2D eigenvalue weighted by Gasteiger charge is 2.37. The Balaban J connectivity index is 1.80. The summed E-state index contributed by atoms with van der Waals surface area (Å²) >= 11 is 0. The molecule has 1 aliphatic rings. The van der Waals surface area contributed by atoms with Crippen LogP contribution in [0.4, 0.5) is 9.18 Å². The average molecular weight is 311 g/mol. The standard InChI is InChI=1S/C18H14FNO3/c19-15-8-4-5-13(11-15)9-10-17(21)20-16(12-23-18(20)22)14-6-2-1-3-7-14/h1-11,16H,12H2/t16-/m1/s1. The van der Waals surface area contributed by atoms with Crippen LogP contribution in [0.15, 0.2) is 60.7 Å². The molecule has 0 spiro atoms. The molecule has 116 valence electrons. The van der Waals surface area contributed by atoms with Gasteiger partial charge in [-0.25, -0.2) is 14.1 Å². The molecule has 2 aromatic carbocycles. The fourth-order valence-electron chi connectivity index (χ4n) is 2.44. The molecule has 0 radical (unpaired) electrons. The predicted octanol–water partition coefficient (Wildman–Crippen LogP) is 3.56. The topological polar surface area (TPSA) is 46.6 Å². The molecule has 5 heteroatoms. The Bertz CT molecular complexity index is 758. The second kappa shape index (κ2) is 6.44. The summed E-state index contributed by atoms with van der Waals surface area (Å²) in [6.07, 6.45) is 2.05. The molecule has 23 heavy (non-hydrogen) atoms. The lowest BCUT2D eigenvalue weighted by Crippen LogP contribution is -2.32. The first-order valence-corrected chi connectivity index (χ1v) is 7.14. The van der Waals surface area contributed by atoms with Crippen molar-refractivity contribution in [1.29, 1.82) is 0 Å². The second-order valence-electron chi connectivity index (χ2n) is 5.10. The zero-order valence-electron chi connectivity index (χ0n) is 12.2. The normalized spacial score (nSPS) is 17.5. The molecule has 0 N–H and O–H groups in total. The van der Waals surface area contributed by atoms with Crippen molar-refractivity contribution in [2.45, 2.75) is 6.04 Å². The average Bonchev–Trinajstić information content (AvgIpc) is 2.95. The van der Waals surface area contributed by atoms with Gasteiger partial charge in [0.15, 0.2) is 0 Å². The van der Waals surface area contributed by atoms with Crippen LogP contribution in [0, 0.1) is 5.82 Å². The van der Waals surface area contributed by atoms with Gasteiger partial charge in [-0.3, -0.25) is 4.79 Å². The molecule has 3 rings (SSSR count). The van der Waals surface area contributed by atoms with Crippen LogP contribution in [-0.2, 0) is 9.53 Å². The number of carbonyl (C=O) groups excluding carboxylic acids is 2. The van der Waals surface area contributed by atoms with E-state index in [4.69, 9.17) is 4.74 Å². The maximum atomic E-state index is 13.1. The number of imide groups is 1. The lowest BCUT2D eigenvalue weighted by atomic mass is 10.1. The van der Waals surface area contributed by atoms with Gasteiger partial charge >= 0.3 is 6.09 Å². The Morgan fingerprint density at radius 2 is 1.96 bits per heavy atom. The summed E-state index contributed by atoms with van der Waals surface area (Å²) < 4.78 is 18.1. The number of rotatable bonds is 3. The minimum atomic E-state index is -0.673. The van der Waals surface area contributed by atoms with Crippen LogP contribution < -0.4 is 0 Å². The predicted molar refractivity (Wildman–Crippen MR) is 82.8 cm³/mol. The lowest BCUT2D eigenvalue weighted by molar-refractivity contribution is -0.124. The van der Waals surface area contributed by atoms with Crippen LogP contribution >= 0.6 is 0 Å². The Kier molecular flexibility index (Phi) is 4.19. The molecule has 0 saturated carbocycles. The summed E-state index contributed by atoms with van der Waals surface area (Å²) in [6.45, 7) is 0.127. The zero-order valence-corrected chi connectivity index (χ0v) is 12.2. The third-order valence-corrected chi connectivity index (χ3v) is 3.56. The molecule has 1 saturated heterocycles. The Morgan fingerprint density at radius 1 is 1.17 bits per heavy atom. The molecule has 2 amide bonds. The number of ether oxygens (including phenoxy) is 1. The number of amides is 2. The van der Waals surface area contributed by atoms with E-state index in [-0.39, 0.29) is 12.4 Å². The Morgan fingerprint density at radius 3 is 2.70 bits per heavy atom. The van der Waals surface area contributed by atoms with E-state index in [9.17, 15) is 14.0 Å². The summed E-state index contributed by atoms with van der Waals surface area (Å²) in [5.74, 6) is -0.882.